The number of hydrogen-bond donors (Lipinski definition) is 0. The number of aromatic nitrogens is 1. The molecule has 29 heavy (non-hydrogen) atoms. The number of aliphatic imine (C=N–C) groups is 1. The Morgan fingerprint density at radius 1 is 1.14 bits per heavy atom. The molecule has 0 radical (unpaired) electrons. The van der Waals surface area contributed by atoms with Gasteiger partial charge in [-0.15, -0.1) is 0 Å². The van der Waals surface area contributed by atoms with E-state index in [1.807, 2.05) is 43.6 Å². The van der Waals surface area contributed by atoms with Gasteiger partial charge < -0.3 is 13.8 Å². The number of pyridine rings is 1. The Bertz CT molecular complexity index is 770. The summed E-state index contributed by atoms with van der Waals surface area (Å²) in [5, 5.41) is 0. The Balaban J connectivity index is 1.27. The van der Waals surface area contributed by atoms with E-state index in [0.29, 0.717) is 19.8 Å². The molecule has 2 aromatic rings. The normalized spacial score (nSPS) is 14.8. The summed E-state index contributed by atoms with van der Waals surface area (Å²) in [6.45, 7) is 9.80. The molecule has 1 saturated heterocycles. The van der Waals surface area contributed by atoms with Crippen molar-refractivity contribution in [1.82, 2.24) is 9.29 Å². The minimum Gasteiger partial charge on any atom is -0.491 e. The van der Waals surface area contributed by atoms with E-state index in [1.54, 1.807) is 12.1 Å². The summed E-state index contributed by atoms with van der Waals surface area (Å²) in [5.41, 5.74) is 3.35. The van der Waals surface area contributed by atoms with Crippen molar-refractivity contribution in [3.63, 3.8) is 0 Å². The molecule has 156 valence electrons. The van der Waals surface area contributed by atoms with Gasteiger partial charge >= 0.3 is 0 Å². The van der Waals surface area contributed by atoms with E-state index in [4.69, 9.17) is 9.47 Å². The topological polar surface area (TPSA) is 50.2 Å². The molecule has 1 aliphatic rings. The third-order valence-electron chi connectivity index (χ3n) is 4.39. The van der Waals surface area contributed by atoms with Crippen LogP contribution in [0.3, 0.4) is 0 Å². The quantitative estimate of drug-likeness (QED) is 0.315. The number of rotatable bonds is 11. The van der Waals surface area contributed by atoms with Gasteiger partial charge in [0.2, 0.25) is 0 Å². The fourth-order valence-electron chi connectivity index (χ4n) is 2.87. The average Bonchev–Trinajstić information content (AvgIpc) is 3.21. The van der Waals surface area contributed by atoms with Crippen LogP contribution in [0, 0.1) is 6.92 Å². The van der Waals surface area contributed by atoms with Crippen molar-refractivity contribution in [3.8, 4) is 5.75 Å². The Labute approximate surface area is 178 Å². The monoisotopic (exact) mass is 414 g/mol. The van der Waals surface area contributed by atoms with Gasteiger partial charge in [-0.05, 0) is 55.3 Å². The molecule has 2 heterocycles. The first-order chi connectivity index (χ1) is 14.2. The van der Waals surface area contributed by atoms with Crippen molar-refractivity contribution in [2.45, 2.75) is 20.3 Å². The van der Waals surface area contributed by atoms with Crippen LogP contribution < -0.4 is 9.04 Å². The summed E-state index contributed by atoms with van der Waals surface area (Å²) >= 11 is 1.76. The molecule has 0 aliphatic carbocycles. The standard InChI is InChI=1S/C22H30N4O2S/c1-3-9-23-18-20-4-6-22(7-5-20)28-16-15-27-14-13-25-11-12-26(29-25)21-8-10-24-19(2)17-21/h4-8,10,17-18H,3,9,11-16H2,1-2H3. The van der Waals surface area contributed by atoms with Gasteiger partial charge in [0.15, 0.2) is 0 Å². The molecular weight excluding hydrogens is 384 g/mol. The first-order valence-electron chi connectivity index (χ1n) is 10.2. The predicted octanol–water partition coefficient (Wildman–Crippen LogP) is 4.00. The maximum absolute atomic E-state index is 5.74. The number of anilines is 1. The first-order valence-corrected chi connectivity index (χ1v) is 10.9. The van der Waals surface area contributed by atoms with Crippen LogP contribution in [0.15, 0.2) is 47.6 Å². The van der Waals surface area contributed by atoms with Crippen molar-refractivity contribution in [3.05, 3.63) is 53.9 Å². The van der Waals surface area contributed by atoms with E-state index in [9.17, 15) is 0 Å². The van der Waals surface area contributed by atoms with Gasteiger partial charge in [-0.1, -0.05) is 6.92 Å². The van der Waals surface area contributed by atoms with Crippen LogP contribution in [0.1, 0.15) is 24.6 Å². The van der Waals surface area contributed by atoms with Crippen LogP contribution in [0.5, 0.6) is 5.75 Å². The number of ether oxygens (including phenoxy) is 2. The Morgan fingerprint density at radius 3 is 2.79 bits per heavy atom. The fraction of sp³-hybridized carbons (Fsp3) is 0.455. The maximum atomic E-state index is 5.74. The highest BCUT2D eigenvalue weighted by Crippen LogP contribution is 2.29. The molecule has 0 amide bonds. The molecule has 0 N–H and O–H groups in total. The largest absolute Gasteiger partial charge is 0.491 e. The number of nitrogens with zero attached hydrogens (tertiary/aromatic N) is 4. The van der Waals surface area contributed by atoms with Crippen LogP contribution in [0.2, 0.25) is 0 Å². The number of benzene rings is 1. The fourth-order valence-corrected chi connectivity index (χ4v) is 3.84. The zero-order chi connectivity index (χ0) is 20.3. The molecule has 0 unspecified atom stereocenters. The van der Waals surface area contributed by atoms with Crippen LogP contribution in [0.4, 0.5) is 5.69 Å². The predicted molar refractivity (Wildman–Crippen MR) is 121 cm³/mol. The first kappa shape index (κ1) is 21.6. The molecule has 0 spiro atoms. The third kappa shape index (κ3) is 7.34. The van der Waals surface area contributed by atoms with E-state index in [-0.39, 0.29) is 0 Å². The summed E-state index contributed by atoms with van der Waals surface area (Å²) < 4.78 is 16.1. The highest BCUT2D eigenvalue weighted by atomic mass is 32.2. The van der Waals surface area contributed by atoms with Crippen molar-refractivity contribution in [2.24, 2.45) is 4.99 Å². The summed E-state index contributed by atoms with van der Waals surface area (Å²) in [6, 6.07) is 12.2. The van der Waals surface area contributed by atoms with Gasteiger partial charge in [-0.25, -0.2) is 4.31 Å². The molecule has 0 atom stereocenters. The van der Waals surface area contributed by atoms with Gasteiger partial charge in [0.05, 0.1) is 18.9 Å². The lowest BCUT2D eigenvalue weighted by atomic mass is 10.2. The van der Waals surface area contributed by atoms with E-state index < -0.39 is 0 Å². The van der Waals surface area contributed by atoms with Gasteiger partial charge in [0, 0.05) is 56.4 Å². The summed E-state index contributed by atoms with van der Waals surface area (Å²) in [5.74, 6) is 0.861. The van der Waals surface area contributed by atoms with Crippen molar-refractivity contribution >= 4 is 24.0 Å². The number of hydrogen-bond acceptors (Lipinski definition) is 7. The molecule has 1 aromatic carbocycles. The average molecular weight is 415 g/mol. The van der Waals surface area contributed by atoms with E-state index >= 15 is 0 Å². The summed E-state index contributed by atoms with van der Waals surface area (Å²) in [7, 11) is 0. The molecule has 3 rings (SSSR count). The summed E-state index contributed by atoms with van der Waals surface area (Å²) in [4.78, 5) is 8.61. The van der Waals surface area contributed by atoms with Crippen molar-refractivity contribution in [1.29, 1.82) is 0 Å². The second-order valence-electron chi connectivity index (χ2n) is 6.83. The second kappa shape index (κ2) is 11.8. The third-order valence-corrected chi connectivity index (χ3v) is 5.58. The zero-order valence-electron chi connectivity index (χ0n) is 17.3. The smallest absolute Gasteiger partial charge is 0.119 e. The molecular formula is C22H30N4O2S. The van der Waals surface area contributed by atoms with E-state index in [1.165, 1.54) is 5.69 Å². The Morgan fingerprint density at radius 2 is 2.00 bits per heavy atom. The molecule has 1 aliphatic heterocycles. The van der Waals surface area contributed by atoms with Crippen LogP contribution in [-0.2, 0) is 4.74 Å². The molecule has 7 heteroatoms. The van der Waals surface area contributed by atoms with Crippen molar-refractivity contribution in [2.75, 3.05) is 50.3 Å². The molecule has 1 aromatic heterocycles. The molecule has 0 saturated carbocycles. The molecule has 1 fully saturated rings. The maximum Gasteiger partial charge on any atom is 0.119 e. The second-order valence-corrected chi connectivity index (χ2v) is 7.95. The lowest BCUT2D eigenvalue weighted by Crippen LogP contribution is -2.20. The minimum atomic E-state index is 0.554. The van der Waals surface area contributed by atoms with E-state index in [2.05, 4.69) is 37.6 Å². The Kier molecular flexibility index (Phi) is 8.80. The van der Waals surface area contributed by atoms with Gasteiger partial charge in [0.25, 0.3) is 0 Å². The van der Waals surface area contributed by atoms with E-state index in [0.717, 1.165) is 49.6 Å². The lowest BCUT2D eigenvalue weighted by molar-refractivity contribution is 0.0947. The van der Waals surface area contributed by atoms with Gasteiger partial charge in [0.1, 0.15) is 12.4 Å². The van der Waals surface area contributed by atoms with Crippen LogP contribution >= 0.6 is 12.1 Å². The highest BCUT2D eigenvalue weighted by molar-refractivity contribution is 7.98. The SMILES string of the molecule is CCCN=Cc1ccc(OCCOCCN2CCN(c3ccnc(C)c3)S2)cc1. The molecule has 6 nitrogen and oxygen atoms in total. The minimum absolute atomic E-state index is 0.554. The number of aryl methyl sites for hydroxylation is 1. The molecule has 0 bridgehead atoms. The Hall–Kier alpha value is -2.09. The lowest BCUT2D eigenvalue weighted by Gasteiger charge is -2.18. The van der Waals surface area contributed by atoms with Gasteiger partial charge in [-0.2, -0.15) is 0 Å². The summed E-state index contributed by atoms with van der Waals surface area (Å²) in [6.07, 6.45) is 4.84. The van der Waals surface area contributed by atoms with Crippen molar-refractivity contribution < 1.29 is 9.47 Å². The highest BCUT2D eigenvalue weighted by Gasteiger charge is 2.21. The van der Waals surface area contributed by atoms with Crippen LogP contribution in [0.25, 0.3) is 0 Å². The van der Waals surface area contributed by atoms with Gasteiger partial charge in [-0.3, -0.25) is 9.98 Å². The zero-order valence-corrected chi connectivity index (χ0v) is 18.1. The van der Waals surface area contributed by atoms with Crippen LogP contribution in [-0.4, -0.2) is 61.5 Å².